The number of benzene rings is 1. The van der Waals surface area contributed by atoms with Crippen LogP contribution in [0.15, 0.2) is 24.3 Å². The molecule has 0 aliphatic heterocycles. The van der Waals surface area contributed by atoms with Gasteiger partial charge in [0.1, 0.15) is 0 Å². The molecule has 1 aromatic carbocycles. The molecule has 1 fully saturated rings. The lowest BCUT2D eigenvalue weighted by atomic mass is 9.88. The number of aryl methyl sites for hydroxylation is 1. The van der Waals surface area contributed by atoms with Crippen LogP contribution in [0, 0.1) is 5.41 Å². The van der Waals surface area contributed by atoms with Crippen molar-refractivity contribution in [3.63, 3.8) is 0 Å². The summed E-state index contributed by atoms with van der Waals surface area (Å²) in [6.07, 6.45) is 5.40. The fourth-order valence-electron chi connectivity index (χ4n) is 2.53. The Balaban J connectivity index is 1.98. The summed E-state index contributed by atoms with van der Waals surface area (Å²) in [6.45, 7) is 2.08. The number of hydrogen-bond acceptors (Lipinski definition) is 1. The average Bonchev–Trinajstić information content (AvgIpc) is 2.80. The number of halogens is 1. The van der Waals surface area contributed by atoms with Gasteiger partial charge in [-0.15, -0.1) is 0 Å². The molecule has 0 spiro atoms. The van der Waals surface area contributed by atoms with Crippen LogP contribution in [-0.4, -0.2) is 11.2 Å². The first kappa shape index (κ1) is 13.6. The zero-order valence-electron chi connectivity index (χ0n) is 10.8. The van der Waals surface area contributed by atoms with Gasteiger partial charge in [0.05, 0.1) is 0 Å². The van der Waals surface area contributed by atoms with E-state index in [0.717, 1.165) is 30.3 Å². The monoisotopic (exact) mass is 309 g/mol. The molecule has 0 aromatic heterocycles. The van der Waals surface area contributed by atoms with E-state index in [9.17, 15) is 4.79 Å². The van der Waals surface area contributed by atoms with Gasteiger partial charge in [-0.1, -0.05) is 47.8 Å². The molecule has 18 heavy (non-hydrogen) atoms. The highest BCUT2D eigenvalue weighted by Crippen LogP contribution is 2.38. The van der Waals surface area contributed by atoms with Crippen LogP contribution < -0.4 is 5.32 Å². The Morgan fingerprint density at radius 2 is 1.89 bits per heavy atom. The third-order valence-electron chi connectivity index (χ3n) is 3.85. The molecule has 3 heteroatoms. The summed E-state index contributed by atoms with van der Waals surface area (Å²) in [4.78, 5) is 12.2. The van der Waals surface area contributed by atoms with Gasteiger partial charge in [-0.05, 0) is 37.0 Å². The van der Waals surface area contributed by atoms with Gasteiger partial charge in [0.15, 0.2) is 0 Å². The minimum atomic E-state index is -0.158. The van der Waals surface area contributed by atoms with Crippen LogP contribution >= 0.6 is 15.9 Å². The molecule has 2 nitrogen and oxygen atoms in total. The lowest BCUT2D eigenvalue weighted by molar-refractivity contribution is -0.124. The van der Waals surface area contributed by atoms with Crippen LogP contribution in [0.1, 0.15) is 38.2 Å². The molecule has 1 N–H and O–H groups in total. The molecule has 1 amide bonds. The average molecular weight is 310 g/mol. The predicted octanol–water partition coefficient (Wildman–Crippen LogP) is 4.14. The maximum absolute atomic E-state index is 12.2. The molecule has 1 aliphatic carbocycles. The van der Waals surface area contributed by atoms with Crippen LogP contribution in [0.3, 0.4) is 0 Å². The molecule has 0 radical (unpaired) electrons. The molecule has 0 saturated heterocycles. The van der Waals surface area contributed by atoms with E-state index in [-0.39, 0.29) is 11.3 Å². The molecule has 2 rings (SSSR count). The number of rotatable bonds is 4. The maximum Gasteiger partial charge on any atom is 0.230 e. The Morgan fingerprint density at radius 3 is 2.44 bits per heavy atom. The summed E-state index contributed by atoms with van der Waals surface area (Å²) in [6, 6.07) is 8.14. The summed E-state index contributed by atoms with van der Waals surface area (Å²) in [5.41, 5.74) is 2.04. The lowest BCUT2D eigenvalue weighted by Gasteiger charge is -2.22. The molecule has 0 unspecified atom stereocenters. The van der Waals surface area contributed by atoms with Crippen LogP contribution in [-0.2, 0) is 11.2 Å². The van der Waals surface area contributed by atoms with Crippen molar-refractivity contribution < 1.29 is 4.79 Å². The van der Waals surface area contributed by atoms with Gasteiger partial charge in [0.2, 0.25) is 5.91 Å². The summed E-state index contributed by atoms with van der Waals surface area (Å²) in [7, 11) is 0. The van der Waals surface area contributed by atoms with Crippen molar-refractivity contribution in [2.75, 3.05) is 10.6 Å². The van der Waals surface area contributed by atoms with E-state index < -0.39 is 0 Å². The largest absolute Gasteiger partial charge is 0.326 e. The van der Waals surface area contributed by atoms with Crippen molar-refractivity contribution in [1.29, 1.82) is 0 Å². The highest BCUT2D eigenvalue weighted by atomic mass is 79.9. The molecular formula is C15H20BrNO. The second-order valence-electron chi connectivity index (χ2n) is 5.36. The van der Waals surface area contributed by atoms with Gasteiger partial charge >= 0.3 is 0 Å². The van der Waals surface area contributed by atoms with Crippen molar-refractivity contribution in [2.24, 2.45) is 5.41 Å². The minimum Gasteiger partial charge on any atom is -0.326 e. The Kier molecular flexibility index (Phi) is 4.44. The number of anilines is 1. The SMILES string of the molecule is CC1(C(=O)Nc2ccc(CCBr)cc2)CCCC1. The van der Waals surface area contributed by atoms with E-state index in [2.05, 4.69) is 40.3 Å². The van der Waals surface area contributed by atoms with Crippen molar-refractivity contribution in [2.45, 2.75) is 39.0 Å². The van der Waals surface area contributed by atoms with E-state index in [1.165, 1.54) is 18.4 Å². The summed E-state index contributed by atoms with van der Waals surface area (Å²) in [5.74, 6) is 0.174. The topological polar surface area (TPSA) is 29.1 Å². The van der Waals surface area contributed by atoms with Gasteiger partial charge in [-0.25, -0.2) is 0 Å². The molecule has 0 bridgehead atoms. The normalized spacial score (nSPS) is 17.7. The van der Waals surface area contributed by atoms with Crippen molar-refractivity contribution >= 4 is 27.5 Å². The smallest absolute Gasteiger partial charge is 0.230 e. The fraction of sp³-hybridized carbons (Fsp3) is 0.533. The molecule has 1 saturated carbocycles. The molecule has 98 valence electrons. The number of alkyl halides is 1. The molecule has 0 heterocycles. The van der Waals surface area contributed by atoms with Gasteiger partial charge in [0.25, 0.3) is 0 Å². The highest BCUT2D eigenvalue weighted by molar-refractivity contribution is 9.09. The summed E-state index contributed by atoms with van der Waals surface area (Å²) < 4.78 is 0. The third kappa shape index (κ3) is 3.14. The first-order valence-corrected chi connectivity index (χ1v) is 7.72. The number of carbonyl (C=O) groups excluding carboxylic acids is 1. The Labute approximate surface area is 117 Å². The summed E-state index contributed by atoms with van der Waals surface area (Å²) in [5, 5.41) is 4.01. The standard InChI is InChI=1S/C15H20BrNO/c1-15(9-2-3-10-15)14(18)17-13-6-4-12(5-7-13)8-11-16/h4-7H,2-3,8-11H2,1H3,(H,17,18). The van der Waals surface area contributed by atoms with Crippen LogP contribution in [0.25, 0.3) is 0 Å². The van der Waals surface area contributed by atoms with Crippen molar-refractivity contribution in [3.05, 3.63) is 29.8 Å². The van der Waals surface area contributed by atoms with Crippen LogP contribution in [0.2, 0.25) is 0 Å². The van der Waals surface area contributed by atoms with Crippen LogP contribution in [0.4, 0.5) is 5.69 Å². The van der Waals surface area contributed by atoms with E-state index in [4.69, 9.17) is 0 Å². The van der Waals surface area contributed by atoms with E-state index in [0.29, 0.717) is 0 Å². The molecule has 1 aliphatic rings. The number of carbonyl (C=O) groups is 1. The van der Waals surface area contributed by atoms with E-state index >= 15 is 0 Å². The highest BCUT2D eigenvalue weighted by Gasteiger charge is 2.36. The van der Waals surface area contributed by atoms with Gasteiger partial charge < -0.3 is 5.32 Å². The van der Waals surface area contributed by atoms with Gasteiger partial charge in [-0.2, -0.15) is 0 Å². The number of amides is 1. The van der Waals surface area contributed by atoms with Crippen LogP contribution in [0.5, 0.6) is 0 Å². The van der Waals surface area contributed by atoms with E-state index in [1.54, 1.807) is 0 Å². The summed E-state index contributed by atoms with van der Waals surface area (Å²) >= 11 is 3.43. The predicted molar refractivity (Wildman–Crippen MR) is 79.1 cm³/mol. The maximum atomic E-state index is 12.2. The second kappa shape index (κ2) is 5.87. The Hall–Kier alpha value is -0.830. The third-order valence-corrected chi connectivity index (χ3v) is 4.25. The van der Waals surface area contributed by atoms with Crippen molar-refractivity contribution in [3.8, 4) is 0 Å². The lowest BCUT2D eigenvalue weighted by Crippen LogP contribution is -2.30. The Morgan fingerprint density at radius 1 is 1.28 bits per heavy atom. The first-order chi connectivity index (χ1) is 8.64. The van der Waals surface area contributed by atoms with Gasteiger partial charge in [0, 0.05) is 16.4 Å². The molecule has 1 aromatic rings. The molecular weight excluding hydrogens is 290 g/mol. The fourth-order valence-corrected chi connectivity index (χ4v) is 2.99. The zero-order valence-corrected chi connectivity index (χ0v) is 12.4. The second-order valence-corrected chi connectivity index (χ2v) is 6.15. The minimum absolute atomic E-state index is 0.158. The molecule has 0 atom stereocenters. The quantitative estimate of drug-likeness (QED) is 0.832. The van der Waals surface area contributed by atoms with Crippen molar-refractivity contribution in [1.82, 2.24) is 0 Å². The van der Waals surface area contributed by atoms with E-state index in [1.807, 2.05) is 12.1 Å². The Bertz CT molecular complexity index is 407. The van der Waals surface area contributed by atoms with Gasteiger partial charge in [-0.3, -0.25) is 4.79 Å². The number of hydrogen-bond donors (Lipinski definition) is 1. The zero-order chi connectivity index (χ0) is 13.0. The number of nitrogens with one attached hydrogen (secondary N) is 1. The first-order valence-electron chi connectivity index (χ1n) is 6.60.